The van der Waals surface area contributed by atoms with Gasteiger partial charge in [-0.3, -0.25) is 14.2 Å². The van der Waals surface area contributed by atoms with E-state index in [-0.39, 0.29) is 22.9 Å². The molecule has 0 saturated carbocycles. The Hall–Kier alpha value is -2.79. The fraction of sp³-hybridized carbons (Fsp3) is 0.400. The average molecular weight is 462 g/mol. The number of rotatable bonds is 4. The molecule has 2 aromatic heterocycles. The number of hydrogen-bond donors (Lipinski definition) is 0. The summed E-state index contributed by atoms with van der Waals surface area (Å²) in [4.78, 5) is 37.8. The molecule has 0 spiro atoms. The summed E-state index contributed by atoms with van der Waals surface area (Å²) in [5, 5.41) is 0.743. The monoisotopic (exact) mass is 461 g/mol. The van der Waals surface area contributed by atoms with Crippen molar-refractivity contribution >= 4 is 42.4 Å². The molecule has 3 aromatic rings. The van der Waals surface area contributed by atoms with Crippen LogP contribution in [0.1, 0.15) is 11.3 Å². The number of nitrogens with zero attached hydrogens (tertiary/aromatic N) is 5. The molecule has 1 aromatic carbocycles. The van der Waals surface area contributed by atoms with Crippen LogP contribution in [-0.2, 0) is 21.2 Å². The Bertz CT molecular complexity index is 1320. The maximum atomic E-state index is 12.7. The van der Waals surface area contributed by atoms with E-state index >= 15 is 0 Å². The minimum absolute atomic E-state index is 0.0359. The summed E-state index contributed by atoms with van der Waals surface area (Å²) in [6.45, 7) is 5.60. The fourth-order valence-corrected chi connectivity index (χ4v) is 5.47. The van der Waals surface area contributed by atoms with Crippen LogP contribution in [0, 0.1) is 13.8 Å². The van der Waals surface area contributed by atoms with Gasteiger partial charge in [-0.1, -0.05) is 17.4 Å². The predicted octanol–water partition coefficient (Wildman–Crippen LogP) is 1.22. The Morgan fingerprint density at radius 1 is 1.16 bits per heavy atom. The largest absolute Gasteiger partial charge is 0.345 e. The topological polar surface area (TPSA) is 105 Å². The highest BCUT2D eigenvalue weighted by Crippen LogP contribution is 2.33. The van der Waals surface area contributed by atoms with Gasteiger partial charge in [0, 0.05) is 43.7 Å². The SMILES string of the molecule is Cc1ncn(CC(=O)N2CCN(c3nc4c(S(C)(=O)=O)cccc4s3)CC2)c(=O)c1C. The average Bonchev–Trinajstić information content (AvgIpc) is 3.17. The van der Waals surface area contributed by atoms with Crippen LogP contribution in [0.5, 0.6) is 0 Å². The van der Waals surface area contributed by atoms with Crippen molar-refractivity contribution in [3.63, 3.8) is 0 Å². The van der Waals surface area contributed by atoms with E-state index in [0.29, 0.717) is 43.0 Å². The van der Waals surface area contributed by atoms with Gasteiger partial charge in [-0.15, -0.1) is 0 Å². The van der Waals surface area contributed by atoms with E-state index in [1.165, 1.54) is 28.5 Å². The van der Waals surface area contributed by atoms with Crippen molar-refractivity contribution in [2.75, 3.05) is 37.3 Å². The van der Waals surface area contributed by atoms with Gasteiger partial charge in [0.05, 0.1) is 15.9 Å². The molecule has 9 nitrogen and oxygen atoms in total. The van der Waals surface area contributed by atoms with Gasteiger partial charge in [-0.25, -0.2) is 18.4 Å². The van der Waals surface area contributed by atoms with Crippen LogP contribution >= 0.6 is 11.3 Å². The van der Waals surface area contributed by atoms with Gasteiger partial charge in [0.15, 0.2) is 15.0 Å². The van der Waals surface area contributed by atoms with Crippen molar-refractivity contribution in [3.8, 4) is 0 Å². The number of amides is 1. The number of carbonyl (C=O) groups excluding carboxylic acids is 1. The molecule has 0 unspecified atom stereocenters. The van der Waals surface area contributed by atoms with Crippen molar-refractivity contribution in [2.45, 2.75) is 25.3 Å². The number of para-hydroxylation sites is 1. The van der Waals surface area contributed by atoms with Gasteiger partial charge in [0.2, 0.25) is 5.91 Å². The van der Waals surface area contributed by atoms with Gasteiger partial charge >= 0.3 is 0 Å². The first kappa shape index (κ1) is 21.4. The zero-order chi connectivity index (χ0) is 22.3. The minimum Gasteiger partial charge on any atom is -0.345 e. The highest BCUT2D eigenvalue weighted by atomic mass is 32.2. The molecule has 1 aliphatic heterocycles. The lowest BCUT2D eigenvalue weighted by Gasteiger charge is -2.34. The molecule has 0 radical (unpaired) electrons. The van der Waals surface area contributed by atoms with E-state index in [9.17, 15) is 18.0 Å². The van der Waals surface area contributed by atoms with Crippen LogP contribution in [0.25, 0.3) is 10.2 Å². The van der Waals surface area contributed by atoms with Crippen LogP contribution in [0.2, 0.25) is 0 Å². The number of thiazole rings is 1. The third-order valence-corrected chi connectivity index (χ3v) is 7.70. The Morgan fingerprint density at radius 3 is 2.55 bits per heavy atom. The van der Waals surface area contributed by atoms with Crippen molar-refractivity contribution in [1.82, 2.24) is 19.4 Å². The third-order valence-electron chi connectivity index (χ3n) is 5.49. The molecule has 0 atom stereocenters. The molecule has 1 saturated heterocycles. The van der Waals surface area contributed by atoms with Crippen molar-refractivity contribution in [1.29, 1.82) is 0 Å². The maximum absolute atomic E-state index is 12.7. The summed E-state index contributed by atoms with van der Waals surface area (Å²) in [6.07, 6.45) is 2.60. The van der Waals surface area contributed by atoms with Crippen LogP contribution in [0.15, 0.2) is 34.2 Å². The molecule has 31 heavy (non-hydrogen) atoms. The van der Waals surface area contributed by atoms with Gasteiger partial charge in [0.1, 0.15) is 12.1 Å². The summed E-state index contributed by atoms with van der Waals surface area (Å²) in [7, 11) is -3.37. The summed E-state index contributed by atoms with van der Waals surface area (Å²) < 4.78 is 26.2. The molecule has 4 rings (SSSR count). The van der Waals surface area contributed by atoms with Crippen LogP contribution in [-0.4, -0.2) is 66.2 Å². The summed E-state index contributed by atoms with van der Waals surface area (Å²) in [5.74, 6) is -0.129. The maximum Gasteiger partial charge on any atom is 0.256 e. The predicted molar refractivity (Wildman–Crippen MR) is 119 cm³/mol. The van der Waals surface area contributed by atoms with E-state index in [4.69, 9.17) is 0 Å². The highest BCUT2D eigenvalue weighted by molar-refractivity contribution is 7.91. The normalized spacial score (nSPS) is 14.9. The number of aromatic nitrogens is 3. The van der Waals surface area contributed by atoms with Crippen LogP contribution in [0.4, 0.5) is 5.13 Å². The molecule has 3 heterocycles. The van der Waals surface area contributed by atoms with Crippen LogP contribution < -0.4 is 10.5 Å². The second-order valence-electron chi connectivity index (χ2n) is 7.63. The number of carbonyl (C=O) groups is 1. The molecule has 164 valence electrons. The first-order valence-corrected chi connectivity index (χ1v) is 12.5. The molecule has 0 bridgehead atoms. The van der Waals surface area contributed by atoms with Gasteiger partial charge in [-0.2, -0.15) is 0 Å². The smallest absolute Gasteiger partial charge is 0.256 e. The molecule has 1 fully saturated rings. The standard InChI is InChI=1S/C20H23N5O4S2/c1-13-14(2)21-12-25(19(13)27)11-17(26)23-7-9-24(10-8-23)20-22-18-15(30-20)5-4-6-16(18)31(3,28)29/h4-6,12H,7-11H2,1-3H3. The first-order valence-electron chi connectivity index (χ1n) is 9.80. The summed E-state index contributed by atoms with van der Waals surface area (Å²) >= 11 is 1.44. The van der Waals surface area contributed by atoms with Gasteiger partial charge < -0.3 is 9.80 Å². The lowest BCUT2D eigenvalue weighted by atomic mass is 10.2. The Morgan fingerprint density at radius 2 is 1.87 bits per heavy atom. The number of aryl methyl sites for hydroxylation is 1. The fourth-order valence-electron chi connectivity index (χ4n) is 3.53. The molecular weight excluding hydrogens is 438 g/mol. The molecule has 1 amide bonds. The van der Waals surface area contributed by atoms with Gasteiger partial charge in [0.25, 0.3) is 5.56 Å². The van der Waals surface area contributed by atoms with E-state index < -0.39 is 9.84 Å². The summed E-state index contributed by atoms with van der Waals surface area (Å²) in [6, 6.07) is 5.16. The number of anilines is 1. The number of hydrogen-bond acceptors (Lipinski definition) is 8. The van der Waals surface area contributed by atoms with E-state index in [1.54, 1.807) is 30.9 Å². The third kappa shape index (κ3) is 4.19. The van der Waals surface area contributed by atoms with E-state index in [2.05, 4.69) is 14.9 Å². The Balaban J connectivity index is 1.46. The number of sulfone groups is 1. The van der Waals surface area contributed by atoms with Crippen molar-refractivity contribution in [2.24, 2.45) is 0 Å². The second kappa shape index (κ2) is 8.04. The number of fused-ring (bicyclic) bond motifs is 1. The number of benzene rings is 1. The molecule has 0 aliphatic carbocycles. The highest BCUT2D eigenvalue weighted by Gasteiger charge is 2.25. The van der Waals surface area contributed by atoms with E-state index in [0.717, 1.165) is 9.83 Å². The Labute approximate surface area is 183 Å². The van der Waals surface area contributed by atoms with Gasteiger partial charge in [-0.05, 0) is 26.0 Å². The lowest BCUT2D eigenvalue weighted by Crippen LogP contribution is -2.50. The summed E-state index contributed by atoms with van der Waals surface area (Å²) in [5.41, 5.74) is 1.50. The molecule has 0 N–H and O–H groups in total. The molecule has 11 heteroatoms. The second-order valence-corrected chi connectivity index (χ2v) is 10.6. The molecule has 1 aliphatic rings. The number of piperazine rings is 1. The molecular formula is C20H23N5O4S2. The quantitative estimate of drug-likeness (QED) is 0.575. The van der Waals surface area contributed by atoms with E-state index in [1.807, 2.05) is 6.07 Å². The minimum atomic E-state index is -3.37. The van der Waals surface area contributed by atoms with Crippen molar-refractivity contribution < 1.29 is 13.2 Å². The Kier molecular flexibility index (Phi) is 5.56. The van der Waals surface area contributed by atoms with Crippen LogP contribution in [0.3, 0.4) is 0 Å². The zero-order valence-corrected chi connectivity index (χ0v) is 19.2. The lowest BCUT2D eigenvalue weighted by molar-refractivity contribution is -0.132. The first-order chi connectivity index (χ1) is 14.6. The van der Waals surface area contributed by atoms with Crippen molar-refractivity contribution in [3.05, 3.63) is 46.1 Å². The zero-order valence-electron chi connectivity index (χ0n) is 17.5.